The predicted molar refractivity (Wildman–Crippen MR) is 75.9 cm³/mol. The second-order valence-electron chi connectivity index (χ2n) is 5.16. The summed E-state index contributed by atoms with van der Waals surface area (Å²) in [6.07, 6.45) is 2.56. The van der Waals surface area contributed by atoms with E-state index >= 15 is 0 Å². The van der Waals surface area contributed by atoms with E-state index in [-0.39, 0.29) is 12.1 Å². The molecule has 2 N–H and O–H groups in total. The fraction of sp³-hybridized carbons (Fsp3) is 0.400. The van der Waals surface area contributed by atoms with Crippen LogP contribution < -0.4 is 15.2 Å². The van der Waals surface area contributed by atoms with Crippen LogP contribution in [-0.2, 0) is 7.05 Å². The van der Waals surface area contributed by atoms with E-state index in [2.05, 4.69) is 5.10 Å². The van der Waals surface area contributed by atoms with Gasteiger partial charge >= 0.3 is 0 Å². The summed E-state index contributed by atoms with van der Waals surface area (Å²) in [4.78, 5) is 0. The van der Waals surface area contributed by atoms with E-state index in [0.717, 1.165) is 34.7 Å². The third-order valence-electron chi connectivity index (χ3n) is 3.98. The molecule has 0 fully saturated rings. The van der Waals surface area contributed by atoms with Gasteiger partial charge in [0.05, 0.1) is 13.3 Å². The molecule has 106 valence electrons. The molecule has 1 aliphatic rings. The van der Waals surface area contributed by atoms with E-state index in [9.17, 15) is 0 Å². The summed E-state index contributed by atoms with van der Waals surface area (Å²) >= 11 is 0. The number of ether oxygens (including phenoxy) is 2. The van der Waals surface area contributed by atoms with Crippen molar-refractivity contribution in [3.8, 4) is 11.5 Å². The topological polar surface area (TPSA) is 62.3 Å². The van der Waals surface area contributed by atoms with Gasteiger partial charge in [0.1, 0.15) is 17.6 Å². The summed E-state index contributed by atoms with van der Waals surface area (Å²) in [5.74, 6) is 1.58. The summed E-state index contributed by atoms with van der Waals surface area (Å²) < 4.78 is 13.2. The highest BCUT2D eigenvalue weighted by atomic mass is 16.5. The number of fused-ring (bicyclic) bond motifs is 1. The highest BCUT2D eigenvalue weighted by Gasteiger charge is 2.29. The first-order valence-corrected chi connectivity index (χ1v) is 6.69. The average molecular weight is 273 g/mol. The quantitative estimate of drug-likeness (QED) is 0.911. The monoisotopic (exact) mass is 273 g/mol. The first-order chi connectivity index (χ1) is 9.60. The van der Waals surface area contributed by atoms with Crippen LogP contribution >= 0.6 is 0 Å². The molecular formula is C15H19N3O2. The lowest BCUT2D eigenvalue weighted by molar-refractivity contribution is 0.160. The lowest BCUT2D eigenvalue weighted by Gasteiger charge is -2.30. The van der Waals surface area contributed by atoms with Crippen LogP contribution in [0.2, 0.25) is 0 Å². The molecule has 0 saturated carbocycles. The Morgan fingerprint density at radius 1 is 1.40 bits per heavy atom. The Morgan fingerprint density at radius 2 is 2.20 bits per heavy atom. The molecule has 1 aliphatic heterocycles. The molecule has 5 nitrogen and oxygen atoms in total. The Kier molecular flexibility index (Phi) is 3.14. The van der Waals surface area contributed by atoms with Gasteiger partial charge in [-0.2, -0.15) is 5.10 Å². The van der Waals surface area contributed by atoms with Gasteiger partial charge in [0.25, 0.3) is 0 Å². The van der Waals surface area contributed by atoms with Crippen LogP contribution in [-0.4, -0.2) is 16.9 Å². The van der Waals surface area contributed by atoms with Crippen LogP contribution in [0.5, 0.6) is 11.5 Å². The minimum atomic E-state index is -0.0571. The number of benzene rings is 1. The van der Waals surface area contributed by atoms with Gasteiger partial charge in [-0.3, -0.25) is 4.68 Å². The Balaban J connectivity index is 1.97. The number of nitrogens with two attached hydrogens (primary N) is 1. The first-order valence-electron chi connectivity index (χ1n) is 6.69. The van der Waals surface area contributed by atoms with E-state index in [1.54, 1.807) is 7.11 Å². The lowest BCUT2D eigenvalue weighted by atomic mass is 9.94. The van der Waals surface area contributed by atoms with Crippen LogP contribution in [0.3, 0.4) is 0 Å². The molecular weight excluding hydrogens is 254 g/mol. The molecule has 2 aromatic rings. The van der Waals surface area contributed by atoms with Crippen LogP contribution in [0.1, 0.15) is 35.4 Å². The fourth-order valence-corrected chi connectivity index (χ4v) is 2.63. The number of rotatable bonds is 2. The highest BCUT2D eigenvalue weighted by molar-refractivity contribution is 5.44. The Labute approximate surface area is 118 Å². The van der Waals surface area contributed by atoms with Gasteiger partial charge in [0.15, 0.2) is 0 Å². The zero-order valence-electron chi connectivity index (χ0n) is 12.0. The Morgan fingerprint density at radius 3 is 2.85 bits per heavy atom. The van der Waals surface area contributed by atoms with Gasteiger partial charge in [-0.05, 0) is 13.0 Å². The van der Waals surface area contributed by atoms with Crippen LogP contribution in [0.4, 0.5) is 0 Å². The van der Waals surface area contributed by atoms with E-state index in [1.165, 1.54) is 0 Å². The summed E-state index contributed by atoms with van der Waals surface area (Å²) in [6.45, 7) is 2.04. The molecule has 3 rings (SSSR count). The van der Waals surface area contributed by atoms with Crippen LogP contribution in [0.25, 0.3) is 0 Å². The van der Waals surface area contributed by atoms with Crippen molar-refractivity contribution < 1.29 is 9.47 Å². The molecule has 2 heterocycles. The maximum absolute atomic E-state index is 6.27. The van der Waals surface area contributed by atoms with Crippen LogP contribution in [0.15, 0.2) is 24.4 Å². The maximum atomic E-state index is 6.27. The third kappa shape index (κ3) is 2.04. The number of hydrogen-bond acceptors (Lipinski definition) is 4. The Hall–Kier alpha value is -2.01. The minimum absolute atomic E-state index is 0.0331. The van der Waals surface area contributed by atoms with E-state index in [1.807, 2.05) is 43.0 Å². The minimum Gasteiger partial charge on any atom is -0.497 e. The molecule has 0 aliphatic carbocycles. The van der Waals surface area contributed by atoms with Crippen molar-refractivity contribution >= 4 is 0 Å². The van der Waals surface area contributed by atoms with Crippen molar-refractivity contribution in [3.05, 3.63) is 41.2 Å². The average Bonchev–Trinajstić information content (AvgIpc) is 2.78. The summed E-state index contributed by atoms with van der Waals surface area (Å²) in [5, 5.41) is 4.28. The van der Waals surface area contributed by atoms with Gasteiger partial charge < -0.3 is 15.2 Å². The van der Waals surface area contributed by atoms with Crippen molar-refractivity contribution in [1.82, 2.24) is 9.78 Å². The second kappa shape index (κ2) is 4.83. The van der Waals surface area contributed by atoms with Crippen molar-refractivity contribution in [2.24, 2.45) is 12.8 Å². The molecule has 0 radical (unpaired) electrons. The van der Waals surface area contributed by atoms with E-state index < -0.39 is 0 Å². The molecule has 0 amide bonds. The van der Waals surface area contributed by atoms with E-state index in [4.69, 9.17) is 15.2 Å². The van der Waals surface area contributed by atoms with Gasteiger partial charge in [0.2, 0.25) is 0 Å². The molecule has 1 unspecified atom stereocenters. The van der Waals surface area contributed by atoms with Gasteiger partial charge in [-0.1, -0.05) is 6.07 Å². The fourth-order valence-electron chi connectivity index (χ4n) is 2.63. The standard InChI is InChI=1S/C15H19N3O2/c1-9-12(8-17-18(9)2)15-7-13(16)11-5-4-10(19-3)6-14(11)20-15/h4-6,8,13,15H,7,16H2,1-3H3/t13-,15?/m0/s1. The summed E-state index contributed by atoms with van der Waals surface area (Å²) in [6, 6.07) is 5.75. The first kappa shape index (κ1) is 13.0. The van der Waals surface area contributed by atoms with E-state index in [0.29, 0.717) is 0 Å². The van der Waals surface area contributed by atoms with Crippen molar-refractivity contribution in [1.29, 1.82) is 0 Å². The number of methoxy groups -OCH3 is 1. The van der Waals surface area contributed by atoms with Gasteiger partial charge in [-0.25, -0.2) is 0 Å². The Bertz CT molecular complexity index is 636. The van der Waals surface area contributed by atoms with Crippen molar-refractivity contribution in [3.63, 3.8) is 0 Å². The number of hydrogen-bond donors (Lipinski definition) is 1. The zero-order valence-corrected chi connectivity index (χ0v) is 12.0. The molecule has 5 heteroatoms. The third-order valence-corrected chi connectivity index (χ3v) is 3.98. The number of aromatic nitrogens is 2. The SMILES string of the molecule is COc1ccc2c(c1)OC(c1cnn(C)c1C)C[C@@H]2N. The second-order valence-corrected chi connectivity index (χ2v) is 5.16. The lowest BCUT2D eigenvalue weighted by Crippen LogP contribution is -2.24. The molecule has 0 bridgehead atoms. The number of nitrogens with zero attached hydrogens (tertiary/aromatic N) is 2. The molecule has 2 atom stereocenters. The zero-order chi connectivity index (χ0) is 14.3. The largest absolute Gasteiger partial charge is 0.497 e. The summed E-state index contributed by atoms with van der Waals surface area (Å²) in [5.41, 5.74) is 9.50. The molecule has 1 aromatic carbocycles. The smallest absolute Gasteiger partial charge is 0.129 e. The van der Waals surface area contributed by atoms with Gasteiger partial charge in [0, 0.05) is 42.4 Å². The predicted octanol–water partition coefficient (Wildman–Crippen LogP) is 2.26. The molecule has 0 spiro atoms. The molecule has 1 aromatic heterocycles. The van der Waals surface area contributed by atoms with Crippen molar-refractivity contribution in [2.75, 3.05) is 7.11 Å². The number of aryl methyl sites for hydroxylation is 1. The molecule has 0 saturated heterocycles. The summed E-state index contributed by atoms with van der Waals surface area (Å²) in [7, 11) is 3.58. The van der Waals surface area contributed by atoms with Crippen molar-refractivity contribution in [2.45, 2.75) is 25.5 Å². The van der Waals surface area contributed by atoms with Gasteiger partial charge in [-0.15, -0.1) is 0 Å². The highest BCUT2D eigenvalue weighted by Crippen LogP contribution is 2.41. The molecule has 20 heavy (non-hydrogen) atoms. The van der Waals surface area contributed by atoms with Crippen LogP contribution in [0, 0.1) is 6.92 Å². The maximum Gasteiger partial charge on any atom is 0.129 e. The normalized spacial score (nSPS) is 21.2.